The van der Waals surface area contributed by atoms with Crippen molar-refractivity contribution in [3.8, 4) is 5.75 Å². The zero-order valence-electron chi connectivity index (χ0n) is 15.4. The number of fused-ring (bicyclic) bond motifs is 1. The fourth-order valence-corrected chi connectivity index (χ4v) is 2.71. The maximum absolute atomic E-state index is 11.6. The highest BCUT2D eigenvalue weighted by Gasteiger charge is 2.14. The molecule has 0 bridgehead atoms. The summed E-state index contributed by atoms with van der Waals surface area (Å²) in [4.78, 5) is 27.8. The second-order valence-corrected chi connectivity index (χ2v) is 6.04. The highest BCUT2D eigenvalue weighted by atomic mass is 16.5. The number of ketones is 1. The molecule has 6 nitrogen and oxygen atoms in total. The van der Waals surface area contributed by atoms with Crippen LogP contribution in [0.4, 0.5) is 0 Å². The van der Waals surface area contributed by atoms with Crippen molar-refractivity contribution >= 4 is 28.9 Å². The number of carbonyl (C=O) groups excluding carboxylic acids is 2. The van der Waals surface area contributed by atoms with E-state index in [1.807, 2.05) is 35.9 Å². The van der Waals surface area contributed by atoms with Gasteiger partial charge in [0.05, 0.1) is 18.1 Å². The van der Waals surface area contributed by atoms with Gasteiger partial charge in [0.15, 0.2) is 5.78 Å². The molecule has 0 unspecified atom stereocenters. The van der Waals surface area contributed by atoms with Gasteiger partial charge in [-0.3, -0.25) is 4.79 Å². The average molecular weight is 364 g/mol. The number of methoxy groups -OCH3 is 1. The third-order valence-corrected chi connectivity index (χ3v) is 4.22. The van der Waals surface area contributed by atoms with Gasteiger partial charge < -0.3 is 14.0 Å². The minimum Gasteiger partial charge on any atom is -0.486 e. The Bertz CT molecular complexity index is 1020. The van der Waals surface area contributed by atoms with Crippen molar-refractivity contribution in [2.45, 2.75) is 13.5 Å². The molecule has 3 aromatic rings. The summed E-state index contributed by atoms with van der Waals surface area (Å²) in [7, 11) is 3.20. The minimum absolute atomic E-state index is 0.00543. The summed E-state index contributed by atoms with van der Waals surface area (Å²) in [5.41, 5.74) is 2.70. The van der Waals surface area contributed by atoms with Crippen LogP contribution in [0, 0.1) is 0 Å². The maximum Gasteiger partial charge on any atom is 0.341 e. The average Bonchev–Trinajstić information content (AvgIpc) is 3.00. The highest BCUT2D eigenvalue weighted by molar-refractivity contribution is 6.19. The lowest BCUT2D eigenvalue weighted by atomic mass is 10.1. The number of benzene rings is 2. The van der Waals surface area contributed by atoms with E-state index in [1.54, 1.807) is 24.3 Å². The first kappa shape index (κ1) is 18.4. The van der Waals surface area contributed by atoms with Crippen LogP contribution in [-0.2, 0) is 28.0 Å². The van der Waals surface area contributed by atoms with E-state index >= 15 is 0 Å². The molecule has 0 radical (unpaired) electrons. The summed E-state index contributed by atoms with van der Waals surface area (Å²) in [5.74, 6) is 0.500. The van der Waals surface area contributed by atoms with E-state index in [9.17, 15) is 9.59 Å². The fraction of sp³-hybridized carbons (Fsp3) is 0.190. The molecule has 0 aliphatic heterocycles. The molecule has 1 aromatic heterocycles. The monoisotopic (exact) mass is 364 g/mol. The van der Waals surface area contributed by atoms with E-state index in [2.05, 4.69) is 9.72 Å². The van der Waals surface area contributed by atoms with Gasteiger partial charge in [0, 0.05) is 7.05 Å². The van der Waals surface area contributed by atoms with Crippen LogP contribution in [0.2, 0.25) is 0 Å². The number of carbonyl (C=O) groups is 2. The molecule has 0 atom stereocenters. The van der Waals surface area contributed by atoms with Crippen molar-refractivity contribution in [3.63, 3.8) is 0 Å². The number of ether oxygens (including phenoxy) is 2. The topological polar surface area (TPSA) is 70.4 Å². The molecule has 0 saturated carbocycles. The van der Waals surface area contributed by atoms with Crippen molar-refractivity contribution in [2.75, 3.05) is 7.11 Å². The van der Waals surface area contributed by atoms with Crippen molar-refractivity contribution in [1.29, 1.82) is 0 Å². The Morgan fingerprint density at radius 3 is 2.44 bits per heavy atom. The van der Waals surface area contributed by atoms with Crippen molar-refractivity contribution < 1.29 is 19.1 Å². The van der Waals surface area contributed by atoms with Gasteiger partial charge in [0.1, 0.15) is 23.8 Å². The van der Waals surface area contributed by atoms with Crippen molar-refractivity contribution in [2.24, 2.45) is 7.05 Å². The number of Topliss-reactive ketones (excluding diaryl/α,β-unsaturated/α-hetero) is 1. The quantitative estimate of drug-likeness (QED) is 0.290. The van der Waals surface area contributed by atoms with Gasteiger partial charge in [-0.05, 0) is 42.8 Å². The lowest BCUT2D eigenvalue weighted by molar-refractivity contribution is -0.137. The van der Waals surface area contributed by atoms with E-state index in [0.717, 1.165) is 16.9 Å². The highest BCUT2D eigenvalue weighted by Crippen LogP contribution is 2.19. The summed E-state index contributed by atoms with van der Waals surface area (Å²) < 4.78 is 12.4. The number of esters is 1. The van der Waals surface area contributed by atoms with Gasteiger partial charge in [-0.1, -0.05) is 24.3 Å². The van der Waals surface area contributed by atoms with E-state index in [1.165, 1.54) is 20.1 Å². The summed E-state index contributed by atoms with van der Waals surface area (Å²) in [6.45, 7) is 1.66. The van der Waals surface area contributed by atoms with E-state index < -0.39 is 5.97 Å². The van der Waals surface area contributed by atoms with E-state index in [0.29, 0.717) is 17.9 Å². The first-order valence-corrected chi connectivity index (χ1v) is 8.43. The predicted molar refractivity (Wildman–Crippen MR) is 102 cm³/mol. The van der Waals surface area contributed by atoms with Gasteiger partial charge in [-0.2, -0.15) is 0 Å². The van der Waals surface area contributed by atoms with Gasteiger partial charge in [0.25, 0.3) is 0 Å². The van der Waals surface area contributed by atoms with Crippen LogP contribution in [0.1, 0.15) is 18.3 Å². The molecule has 0 saturated heterocycles. The van der Waals surface area contributed by atoms with Crippen LogP contribution in [0.15, 0.2) is 54.1 Å². The first-order chi connectivity index (χ1) is 13.0. The number of hydrogen-bond acceptors (Lipinski definition) is 5. The van der Waals surface area contributed by atoms with Crippen LogP contribution in [-0.4, -0.2) is 28.4 Å². The van der Waals surface area contributed by atoms with E-state index in [-0.39, 0.29) is 11.4 Å². The molecule has 0 N–H and O–H groups in total. The number of imidazole rings is 1. The number of nitrogens with zero attached hydrogens (tertiary/aromatic N) is 2. The van der Waals surface area contributed by atoms with Gasteiger partial charge in [-0.15, -0.1) is 0 Å². The summed E-state index contributed by atoms with van der Waals surface area (Å²) in [6, 6.07) is 15.0. The SMILES string of the molecule is COC(=O)C(=Cc1ccc(OCc2nc3ccccc3n2C)cc1)C(C)=O. The Hall–Kier alpha value is -3.41. The summed E-state index contributed by atoms with van der Waals surface area (Å²) in [5, 5.41) is 0. The molecule has 0 spiro atoms. The van der Waals surface area contributed by atoms with E-state index in [4.69, 9.17) is 4.74 Å². The Balaban J connectivity index is 1.73. The zero-order valence-corrected chi connectivity index (χ0v) is 15.4. The van der Waals surface area contributed by atoms with Gasteiger partial charge in [0.2, 0.25) is 0 Å². The molecular formula is C21H20N2O4. The minimum atomic E-state index is -0.648. The zero-order chi connectivity index (χ0) is 19.4. The lowest BCUT2D eigenvalue weighted by Crippen LogP contribution is -2.11. The normalized spacial score (nSPS) is 11.4. The van der Waals surface area contributed by atoms with Gasteiger partial charge >= 0.3 is 5.97 Å². The van der Waals surface area contributed by atoms with Crippen molar-refractivity contribution in [1.82, 2.24) is 9.55 Å². The van der Waals surface area contributed by atoms with Gasteiger partial charge in [-0.25, -0.2) is 9.78 Å². The Labute approximate surface area is 157 Å². The molecule has 138 valence electrons. The van der Waals surface area contributed by atoms with Crippen LogP contribution >= 0.6 is 0 Å². The van der Waals surface area contributed by atoms with Crippen LogP contribution in [0.3, 0.4) is 0 Å². The molecule has 0 amide bonds. The molecular weight excluding hydrogens is 344 g/mol. The molecule has 3 rings (SSSR count). The fourth-order valence-electron chi connectivity index (χ4n) is 2.71. The predicted octanol–water partition coefficient (Wildman–Crippen LogP) is 3.30. The first-order valence-electron chi connectivity index (χ1n) is 8.43. The Morgan fingerprint density at radius 2 is 1.81 bits per heavy atom. The molecule has 27 heavy (non-hydrogen) atoms. The standard InChI is InChI=1S/C21H20N2O4/c1-14(24)17(21(25)26-3)12-15-8-10-16(11-9-15)27-13-20-22-18-6-4-5-7-19(18)23(20)2/h4-12H,13H2,1-3H3. The van der Waals surface area contributed by atoms with Crippen LogP contribution in [0.25, 0.3) is 17.1 Å². The number of hydrogen-bond donors (Lipinski definition) is 0. The summed E-state index contributed by atoms with van der Waals surface area (Å²) in [6.07, 6.45) is 1.50. The Morgan fingerprint density at radius 1 is 1.11 bits per heavy atom. The molecule has 0 fully saturated rings. The number of aromatic nitrogens is 2. The molecule has 0 aliphatic rings. The molecule has 6 heteroatoms. The molecule has 2 aromatic carbocycles. The smallest absolute Gasteiger partial charge is 0.341 e. The Kier molecular flexibility index (Phi) is 5.35. The maximum atomic E-state index is 11.6. The molecule has 0 aliphatic carbocycles. The number of para-hydroxylation sites is 2. The second-order valence-electron chi connectivity index (χ2n) is 6.04. The summed E-state index contributed by atoms with van der Waals surface area (Å²) >= 11 is 0. The van der Waals surface area contributed by atoms with Crippen molar-refractivity contribution in [3.05, 3.63) is 65.5 Å². The lowest BCUT2D eigenvalue weighted by Gasteiger charge is -2.07. The second kappa shape index (κ2) is 7.86. The van der Waals surface area contributed by atoms with Crippen LogP contribution in [0.5, 0.6) is 5.75 Å². The number of aryl methyl sites for hydroxylation is 1. The third-order valence-electron chi connectivity index (χ3n) is 4.22. The molecule has 1 heterocycles. The number of rotatable bonds is 6. The van der Waals surface area contributed by atoms with Crippen LogP contribution < -0.4 is 4.74 Å². The largest absolute Gasteiger partial charge is 0.486 e. The third kappa shape index (κ3) is 4.06.